The molecule has 0 radical (unpaired) electrons. The molecule has 0 bridgehead atoms. The van der Waals surface area contributed by atoms with Gasteiger partial charge in [0.2, 0.25) is 11.1 Å². The van der Waals surface area contributed by atoms with Gasteiger partial charge in [-0.1, -0.05) is 11.8 Å². The number of piperazine rings is 1. The zero-order valence-corrected chi connectivity index (χ0v) is 14.0. The number of amides is 2. The largest absolute Gasteiger partial charge is 0.368 e. The molecule has 2 fully saturated rings. The van der Waals surface area contributed by atoms with E-state index in [1.807, 2.05) is 11.8 Å². The van der Waals surface area contributed by atoms with Gasteiger partial charge in [-0.3, -0.25) is 14.7 Å². The summed E-state index contributed by atoms with van der Waals surface area (Å²) in [6.07, 6.45) is 1.49. The molecule has 23 heavy (non-hydrogen) atoms. The number of H-pyrrole nitrogens is 1. The number of aromatic nitrogens is 3. The van der Waals surface area contributed by atoms with Crippen LogP contribution in [0.1, 0.15) is 18.7 Å². The van der Waals surface area contributed by atoms with Crippen molar-refractivity contribution in [2.45, 2.75) is 31.0 Å². The molecular formula is C14H21N5O3S. The molecule has 1 aromatic heterocycles. The van der Waals surface area contributed by atoms with Crippen LogP contribution in [-0.4, -0.2) is 81.4 Å². The normalized spacial score (nSPS) is 21.7. The Morgan fingerprint density at radius 2 is 2.04 bits per heavy atom. The maximum absolute atomic E-state index is 12.3. The summed E-state index contributed by atoms with van der Waals surface area (Å²) in [4.78, 5) is 32.3. The van der Waals surface area contributed by atoms with Crippen molar-refractivity contribution in [1.82, 2.24) is 25.0 Å². The molecule has 3 heterocycles. The van der Waals surface area contributed by atoms with Gasteiger partial charge in [-0.25, -0.2) is 4.98 Å². The first-order valence-electron chi connectivity index (χ1n) is 7.83. The zero-order chi connectivity index (χ0) is 16.2. The number of nitrogens with one attached hydrogen (secondary N) is 1. The first-order chi connectivity index (χ1) is 11.1. The monoisotopic (exact) mass is 339 g/mol. The van der Waals surface area contributed by atoms with Crippen LogP contribution in [0, 0.1) is 6.92 Å². The Morgan fingerprint density at radius 1 is 1.30 bits per heavy atom. The van der Waals surface area contributed by atoms with E-state index in [0.717, 1.165) is 18.7 Å². The lowest BCUT2D eigenvalue weighted by Crippen LogP contribution is -2.53. The Labute approximate surface area is 138 Å². The van der Waals surface area contributed by atoms with Crippen molar-refractivity contribution in [2.24, 2.45) is 0 Å². The highest BCUT2D eigenvalue weighted by Gasteiger charge is 2.31. The number of aromatic amines is 1. The summed E-state index contributed by atoms with van der Waals surface area (Å²) in [5.41, 5.74) is 0. The number of nitrogens with zero attached hydrogens (tertiary/aromatic N) is 4. The number of hydrogen-bond acceptors (Lipinski definition) is 6. The molecule has 1 atom stereocenters. The summed E-state index contributed by atoms with van der Waals surface area (Å²) >= 11 is 1.33. The smallest absolute Gasteiger partial charge is 0.251 e. The fourth-order valence-electron chi connectivity index (χ4n) is 2.76. The molecule has 126 valence electrons. The minimum Gasteiger partial charge on any atom is -0.368 e. The van der Waals surface area contributed by atoms with Crippen LogP contribution < -0.4 is 0 Å². The van der Waals surface area contributed by atoms with Crippen molar-refractivity contribution in [1.29, 1.82) is 0 Å². The fourth-order valence-corrected chi connectivity index (χ4v) is 3.50. The van der Waals surface area contributed by atoms with Gasteiger partial charge in [0.15, 0.2) is 0 Å². The number of carbonyl (C=O) groups excluding carboxylic acids is 2. The molecule has 0 spiro atoms. The number of thioether (sulfide) groups is 1. The van der Waals surface area contributed by atoms with E-state index < -0.39 is 0 Å². The summed E-state index contributed by atoms with van der Waals surface area (Å²) < 4.78 is 5.44. The average molecular weight is 339 g/mol. The van der Waals surface area contributed by atoms with Crippen molar-refractivity contribution in [2.75, 3.05) is 38.5 Å². The SMILES string of the molecule is Cc1nc(SCC(=O)N2CCN(C(=O)[C@@H]3CCCO3)CC2)n[nH]1. The highest BCUT2D eigenvalue weighted by molar-refractivity contribution is 7.99. The van der Waals surface area contributed by atoms with Gasteiger partial charge in [0.1, 0.15) is 11.9 Å². The Bertz CT molecular complexity index is 565. The van der Waals surface area contributed by atoms with Crippen molar-refractivity contribution in [3.05, 3.63) is 5.82 Å². The topological polar surface area (TPSA) is 91.4 Å². The van der Waals surface area contributed by atoms with E-state index in [0.29, 0.717) is 43.7 Å². The quantitative estimate of drug-likeness (QED) is 0.780. The molecule has 2 aliphatic heterocycles. The molecule has 9 heteroatoms. The zero-order valence-electron chi connectivity index (χ0n) is 13.2. The Hall–Kier alpha value is -1.61. The summed E-state index contributed by atoms with van der Waals surface area (Å²) in [6.45, 7) is 4.80. The fraction of sp³-hybridized carbons (Fsp3) is 0.714. The van der Waals surface area contributed by atoms with Gasteiger partial charge in [-0.15, -0.1) is 5.10 Å². The van der Waals surface area contributed by atoms with E-state index in [2.05, 4.69) is 15.2 Å². The van der Waals surface area contributed by atoms with Crippen LogP contribution in [0.25, 0.3) is 0 Å². The van der Waals surface area contributed by atoms with Gasteiger partial charge < -0.3 is 14.5 Å². The molecule has 8 nitrogen and oxygen atoms in total. The summed E-state index contributed by atoms with van der Waals surface area (Å²) in [7, 11) is 0. The van der Waals surface area contributed by atoms with Crippen molar-refractivity contribution < 1.29 is 14.3 Å². The molecule has 0 unspecified atom stereocenters. The Balaban J connectivity index is 1.42. The third-order valence-corrected chi connectivity index (χ3v) is 4.88. The van der Waals surface area contributed by atoms with Crippen LogP contribution in [-0.2, 0) is 14.3 Å². The minimum absolute atomic E-state index is 0.0571. The molecule has 1 aromatic rings. The molecule has 2 saturated heterocycles. The number of aryl methyl sites for hydroxylation is 1. The lowest BCUT2D eigenvalue weighted by molar-refractivity contribution is -0.145. The maximum atomic E-state index is 12.3. The van der Waals surface area contributed by atoms with Crippen LogP contribution in [0.15, 0.2) is 5.16 Å². The standard InChI is InChI=1S/C14H21N5O3S/c1-10-15-14(17-16-10)23-9-12(20)18-4-6-19(7-5-18)13(21)11-3-2-8-22-11/h11H,2-9H2,1H3,(H,15,16,17)/t11-/m0/s1. The molecule has 2 amide bonds. The van der Waals surface area contributed by atoms with Crippen LogP contribution in [0.2, 0.25) is 0 Å². The van der Waals surface area contributed by atoms with Gasteiger partial charge in [-0.05, 0) is 19.8 Å². The Kier molecular flexibility index (Phi) is 5.16. The number of rotatable bonds is 4. The number of carbonyl (C=O) groups is 2. The van der Waals surface area contributed by atoms with Crippen molar-refractivity contribution in [3.8, 4) is 0 Å². The molecule has 2 aliphatic rings. The molecule has 0 aliphatic carbocycles. The highest BCUT2D eigenvalue weighted by Crippen LogP contribution is 2.17. The van der Waals surface area contributed by atoms with Gasteiger partial charge >= 0.3 is 0 Å². The van der Waals surface area contributed by atoms with Gasteiger partial charge in [0.25, 0.3) is 5.91 Å². The Morgan fingerprint density at radius 3 is 2.65 bits per heavy atom. The van der Waals surface area contributed by atoms with Crippen LogP contribution in [0.4, 0.5) is 0 Å². The molecular weight excluding hydrogens is 318 g/mol. The predicted molar refractivity (Wildman–Crippen MR) is 84.0 cm³/mol. The lowest BCUT2D eigenvalue weighted by Gasteiger charge is -2.35. The average Bonchev–Trinajstić information content (AvgIpc) is 3.24. The van der Waals surface area contributed by atoms with Crippen molar-refractivity contribution in [3.63, 3.8) is 0 Å². The van der Waals surface area contributed by atoms with E-state index in [1.165, 1.54) is 11.8 Å². The molecule has 0 aromatic carbocycles. The van der Waals surface area contributed by atoms with E-state index in [-0.39, 0.29) is 17.9 Å². The number of hydrogen-bond donors (Lipinski definition) is 1. The molecule has 1 N–H and O–H groups in total. The van der Waals surface area contributed by atoms with Crippen LogP contribution in [0.3, 0.4) is 0 Å². The molecule has 3 rings (SSSR count). The maximum Gasteiger partial charge on any atom is 0.251 e. The first-order valence-corrected chi connectivity index (χ1v) is 8.82. The van der Waals surface area contributed by atoms with Gasteiger partial charge in [0.05, 0.1) is 5.75 Å². The van der Waals surface area contributed by atoms with Crippen LogP contribution in [0.5, 0.6) is 0 Å². The second-order valence-corrected chi connectivity index (χ2v) is 6.64. The summed E-state index contributed by atoms with van der Waals surface area (Å²) in [6, 6.07) is 0. The minimum atomic E-state index is -0.276. The molecule has 0 saturated carbocycles. The second-order valence-electron chi connectivity index (χ2n) is 5.70. The number of ether oxygens (including phenoxy) is 1. The lowest BCUT2D eigenvalue weighted by atomic mass is 10.2. The third-order valence-electron chi connectivity index (χ3n) is 4.05. The van der Waals surface area contributed by atoms with E-state index in [1.54, 1.807) is 4.90 Å². The first kappa shape index (κ1) is 16.3. The van der Waals surface area contributed by atoms with Gasteiger partial charge in [0, 0.05) is 32.8 Å². The van der Waals surface area contributed by atoms with E-state index in [9.17, 15) is 9.59 Å². The van der Waals surface area contributed by atoms with E-state index >= 15 is 0 Å². The van der Waals surface area contributed by atoms with Gasteiger partial charge in [-0.2, -0.15) is 0 Å². The third kappa shape index (κ3) is 4.03. The van der Waals surface area contributed by atoms with Crippen LogP contribution >= 0.6 is 11.8 Å². The van der Waals surface area contributed by atoms with E-state index in [4.69, 9.17) is 4.74 Å². The highest BCUT2D eigenvalue weighted by atomic mass is 32.2. The summed E-state index contributed by atoms with van der Waals surface area (Å²) in [5.74, 6) is 1.18. The summed E-state index contributed by atoms with van der Waals surface area (Å²) in [5, 5.41) is 7.34. The second kappa shape index (κ2) is 7.31. The van der Waals surface area contributed by atoms with Crippen molar-refractivity contribution >= 4 is 23.6 Å². The predicted octanol–water partition coefficient (Wildman–Crippen LogP) is 0.0550.